The zero-order valence-electron chi connectivity index (χ0n) is 11.8. The molecule has 22 heavy (non-hydrogen) atoms. The maximum Gasteiger partial charge on any atom is 0.453 e. The highest BCUT2D eigenvalue weighted by Crippen LogP contribution is 2.40. The van der Waals surface area contributed by atoms with Gasteiger partial charge in [0.05, 0.1) is 6.42 Å². The van der Waals surface area contributed by atoms with Gasteiger partial charge in [-0.05, 0) is 6.42 Å². The van der Waals surface area contributed by atoms with Crippen LogP contribution in [0.1, 0.15) is 39.0 Å². The van der Waals surface area contributed by atoms with Crippen LogP contribution in [0.4, 0.5) is 22.0 Å². The molecule has 1 atom stereocenters. The molecule has 0 aromatic rings. The van der Waals surface area contributed by atoms with Crippen molar-refractivity contribution < 1.29 is 41.4 Å². The number of hydrogen-bond acceptors (Lipinski definition) is 4. The number of ether oxygens (including phenoxy) is 1. The molecule has 0 aliphatic carbocycles. The molecule has 1 unspecified atom stereocenters. The molecule has 0 N–H and O–H groups in total. The van der Waals surface area contributed by atoms with Crippen molar-refractivity contribution in [3.63, 3.8) is 0 Å². The van der Waals surface area contributed by atoms with E-state index in [1.807, 2.05) is 0 Å². The lowest BCUT2D eigenvalue weighted by molar-refractivity contribution is -0.304. The zero-order chi connectivity index (χ0) is 17.6. The van der Waals surface area contributed by atoms with Crippen molar-refractivity contribution in [3.05, 3.63) is 12.2 Å². The van der Waals surface area contributed by atoms with Crippen LogP contribution >= 0.6 is 0 Å². The van der Waals surface area contributed by atoms with Crippen LogP contribution in [0.2, 0.25) is 0 Å². The predicted molar refractivity (Wildman–Crippen MR) is 63.8 cm³/mol. The van der Waals surface area contributed by atoms with E-state index in [2.05, 4.69) is 11.3 Å². The molecule has 0 rings (SSSR count). The predicted octanol–water partition coefficient (Wildman–Crippen LogP) is 2.37. The molecule has 0 amide bonds. The first kappa shape index (κ1) is 20.3. The number of alkyl halides is 5. The van der Waals surface area contributed by atoms with Crippen molar-refractivity contribution in [1.29, 1.82) is 0 Å². The number of hydrogen-bond donors (Lipinski definition) is 0. The summed E-state index contributed by atoms with van der Waals surface area (Å²) >= 11 is 0. The normalized spacial score (nSPS) is 13.5. The minimum atomic E-state index is -5.76. The van der Waals surface area contributed by atoms with E-state index < -0.39 is 48.6 Å². The third-order valence-electron chi connectivity index (χ3n) is 2.70. The molecule has 0 radical (unpaired) electrons. The quantitative estimate of drug-likeness (QED) is 0.370. The minimum Gasteiger partial charge on any atom is -0.550 e. The number of carbonyl (C=O) groups is 2. The van der Waals surface area contributed by atoms with Gasteiger partial charge in [-0.15, -0.1) is 0 Å². The second-order valence-electron chi connectivity index (χ2n) is 4.73. The molecular weight excluding hydrogens is 315 g/mol. The van der Waals surface area contributed by atoms with Gasteiger partial charge in [-0.1, -0.05) is 26.3 Å². The minimum absolute atomic E-state index is 0.202. The fraction of sp³-hybridized carbons (Fsp3) is 0.692. The number of esters is 1. The van der Waals surface area contributed by atoms with Crippen LogP contribution in [0.5, 0.6) is 0 Å². The molecule has 0 saturated heterocycles. The summed E-state index contributed by atoms with van der Waals surface area (Å²) in [5.74, 6) is -7.99. The van der Waals surface area contributed by atoms with Crippen molar-refractivity contribution in [2.24, 2.45) is 0 Å². The van der Waals surface area contributed by atoms with Crippen molar-refractivity contribution >= 4 is 11.9 Å². The summed E-state index contributed by atoms with van der Waals surface area (Å²) < 4.78 is 67.2. The lowest BCUT2D eigenvalue weighted by atomic mass is 10.0. The number of carboxylic acid groups (broad SMARTS) is 1. The standard InChI is InChI=1S/C13H17F5O4/c1-3-4-5-9(7-12(14,15)13(16,17)18)22-11(21)8(2)6-10(19)20/h9H,2-7H2,1H3,(H,19,20)/p-1. The Hall–Kier alpha value is -1.67. The summed E-state index contributed by atoms with van der Waals surface area (Å²) in [5, 5.41) is 10.3. The van der Waals surface area contributed by atoms with E-state index in [0.717, 1.165) is 0 Å². The van der Waals surface area contributed by atoms with Crippen LogP contribution in [-0.2, 0) is 14.3 Å². The topological polar surface area (TPSA) is 66.4 Å². The monoisotopic (exact) mass is 331 g/mol. The molecule has 0 spiro atoms. The Morgan fingerprint density at radius 1 is 1.23 bits per heavy atom. The van der Waals surface area contributed by atoms with Crippen LogP contribution in [0, 0.1) is 0 Å². The number of halogens is 5. The molecule has 0 aromatic heterocycles. The highest BCUT2D eigenvalue weighted by Gasteiger charge is 2.58. The molecular formula is C13H16F5O4-. The molecule has 128 valence electrons. The molecule has 4 nitrogen and oxygen atoms in total. The first-order valence-electron chi connectivity index (χ1n) is 6.43. The van der Waals surface area contributed by atoms with Crippen molar-refractivity contribution in [3.8, 4) is 0 Å². The lowest BCUT2D eigenvalue weighted by Gasteiger charge is -2.25. The molecule has 0 fully saturated rings. The second-order valence-corrected chi connectivity index (χ2v) is 4.73. The van der Waals surface area contributed by atoms with Gasteiger partial charge in [-0.25, -0.2) is 4.79 Å². The molecule has 0 bridgehead atoms. The van der Waals surface area contributed by atoms with E-state index in [4.69, 9.17) is 0 Å². The summed E-state index contributed by atoms with van der Waals surface area (Å²) in [4.78, 5) is 21.7. The van der Waals surface area contributed by atoms with E-state index in [1.165, 1.54) is 0 Å². The molecule has 0 aliphatic rings. The Bertz CT molecular complexity index is 417. The Morgan fingerprint density at radius 2 is 1.77 bits per heavy atom. The van der Waals surface area contributed by atoms with E-state index in [1.54, 1.807) is 6.92 Å². The Kier molecular flexibility index (Phi) is 7.48. The van der Waals surface area contributed by atoms with Crippen LogP contribution in [0.15, 0.2) is 12.2 Å². The fourth-order valence-corrected chi connectivity index (χ4v) is 1.52. The smallest absolute Gasteiger partial charge is 0.453 e. The number of unbranched alkanes of at least 4 members (excludes halogenated alkanes) is 1. The van der Waals surface area contributed by atoms with E-state index in [0.29, 0.717) is 6.42 Å². The maximum atomic E-state index is 13.0. The molecule has 0 saturated carbocycles. The Morgan fingerprint density at radius 3 is 2.18 bits per heavy atom. The third-order valence-corrected chi connectivity index (χ3v) is 2.70. The average Bonchev–Trinajstić information content (AvgIpc) is 2.33. The second kappa shape index (κ2) is 8.09. The van der Waals surface area contributed by atoms with Crippen molar-refractivity contribution in [2.75, 3.05) is 0 Å². The summed E-state index contributed by atoms with van der Waals surface area (Å²) in [5.41, 5.74) is -0.586. The molecule has 0 heterocycles. The summed E-state index contributed by atoms with van der Waals surface area (Å²) in [7, 11) is 0. The van der Waals surface area contributed by atoms with E-state index >= 15 is 0 Å². The van der Waals surface area contributed by atoms with Gasteiger partial charge in [0.1, 0.15) is 6.10 Å². The largest absolute Gasteiger partial charge is 0.550 e. The van der Waals surface area contributed by atoms with Crippen molar-refractivity contribution in [2.45, 2.75) is 57.2 Å². The molecule has 0 aromatic carbocycles. The highest BCUT2D eigenvalue weighted by molar-refractivity contribution is 5.92. The Labute approximate surface area is 123 Å². The first-order valence-corrected chi connectivity index (χ1v) is 6.43. The van der Waals surface area contributed by atoms with Gasteiger partial charge in [0.15, 0.2) is 0 Å². The van der Waals surface area contributed by atoms with Gasteiger partial charge in [0, 0.05) is 18.0 Å². The SMILES string of the molecule is C=C(CC(=O)[O-])C(=O)OC(CCCC)CC(F)(F)C(F)(F)F. The number of rotatable bonds is 9. The molecule has 0 aliphatic heterocycles. The van der Waals surface area contributed by atoms with Gasteiger partial charge in [-0.2, -0.15) is 22.0 Å². The highest BCUT2D eigenvalue weighted by atomic mass is 19.4. The number of carbonyl (C=O) groups excluding carboxylic acids is 2. The first-order chi connectivity index (χ1) is 9.90. The lowest BCUT2D eigenvalue weighted by Crippen LogP contribution is -2.40. The summed E-state index contributed by atoms with van der Waals surface area (Å²) in [6.45, 7) is 4.74. The van der Waals surface area contributed by atoms with E-state index in [-0.39, 0.29) is 12.8 Å². The zero-order valence-corrected chi connectivity index (χ0v) is 11.8. The van der Waals surface area contributed by atoms with Gasteiger partial charge >= 0.3 is 18.1 Å². The van der Waals surface area contributed by atoms with E-state index in [9.17, 15) is 36.6 Å². The third kappa shape index (κ3) is 6.86. The van der Waals surface area contributed by atoms with Gasteiger partial charge < -0.3 is 14.6 Å². The Balaban J connectivity index is 4.88. The fourth-order valence-electron chi connectivity index (χ4n) is 1.52. The van der Waals surface area contributed by atoms with Crippen molar-refractivity contribution in [1.82, 2.24) is 0 Å². The van der Waals surface area contributed by atoms with Gasteiger partial charge in [0.25, 0.3) is 0 Å². The maximum absolute atomic E-state index is 13.0. The van der Waals surface area contributed by atoms with Gasteiger partial charge in [0.2, 0.25) is 0 Å². The average molecular weight is 331 g/mol. The van der Waals surface area contributed by atoms with Crippen LogP contribution < -0.4 is 5.11 Å². The van der Waals surface area contributed by atoms with Crippen LogP contribution in [0.25, 0.3) is 0 Å². The van der Waals surface area contributed by atoms with Gasteiger partial charge in [-0.3, -0.25) is 0 Å². The van der Waals surface area contributed by atoms with Crippen LogP contribution in [-0.4, -0.2) is 30.1 Å². The summed E-state index contributed by atoms with van der Waals surface area (Å²) in [6, 6.07) is 0. The number of carboxylic acids is 1. The van der Waals surface area contributed by atoms with Crippen LogP contribution in [0.3, 0.4) is 0 Å². The molecule has 9 heteroatoms. The number of aliphatic carboxylic acids is 1. The summed E-state index contributed by atoms with van der Waals surface area (Å²) in [6.07, 6.45) is -9.51.